The number of benzene rings is 1. The summed E-state index contributed by atoms with van der Waals surface area (Å²) in [5.74, 6) is 2.77. The van der Waals surface area contributed by atoms with Gasteiger partial charge < -0.3 is 0 Å². The van der Waals surface area contributed by atoms with E-state index in [0.29, 0.717) is 17.4 Å². The van der Waals surface area contributed by atoms with Gasteiger partial charge in [0, 0.05) is 11.8 Å². The third-order valence-corrected chi connectivity index (χ3v) is 7.56. The molecule has 2 saturated carbocycles. The van der Waals surface area contributed by atoms with Crippen LogP contribution in [0.1, 0.15) is 101 Å². The van der Waals surface area contributed by atoms with Crippen molar-refractivity contribution in [3.05, 3.63) is 53.5 Å². The second-order valence-electron chi connectivity index (χ2n) is 9.68. The maximum absolute atomic E-state index is 14.9. The van der Waals surface area contributed by atoms with Gasteiger partial charge in [-0.25, -0.2) is 4.39 Å². The lowest BCUT2D eigenvalue weighted by Gasteiger charge is -2.28. The summed E-state index contributed by atoms with van der Waals surface area (Å²) in [6, 6.07) is 10.0. The van der Waals surface area contributed by atoms with Crippen LogP contribution in [0.5, 0.6) is 0 Å². The maximum Gasteiger partial charge on any atom is 0.132 e. The highest BCUT2D eigenvalue weighted by atomic mass is 19.1. The first kappa shape index (κ1) is 20.6. The molecule has 0 N–H and O–H groups in total. The Morgan fingerprint density at radius 3 is 2.14 bits per heavy atom. The molecule has 1 aromatic carbocycles. The second kappa shape index (κ2) is 9.41. The van der Waals surface area contributed by atoms with Crippen LogP contribution in [0, 0.1) is 17.7 Å². The first-order valence-corrected chi connectivity index (χ1v) is 11.9. The highest BCUT2D eigenvalue weighted by molar-refractivity contribution is 5.60. The van der Waals surface area contributed by atoms with E-state index in [2.05, 4.69) is 31.0 Å². The molecule has 0 spiro atoms. The van der Waals surface area contributed by atoms with Crippen molar-refractivity contribution in [1.82, 2.24) is 4.98 Å². The fourth-order valence-electron chi connectivity index (χ4n) is 5.59. The number of aromatic nitrogens is 1. The van der Waals surface area contributed by atoms with Crippen LogP contribution in [0.4, 0.5) is 4.39 Å². The third-order valence-electron chi connectivity index (χ3n) is 7.56. The van der Waals surface area contributed by atoms with Gasteiger partial charge in [0.25, 0.3) is 0 Å². The molecule has 0 amide bonds. The van der Waals surface area contributed by atoms with E-state index in [-0.39, 0.29) is 5.82 Å². The molecule has 2 heteroatoms. The van der Waals surface area contributed by atoms with E-state index < -0.39 is 0 Å². The predicted molar refractivity (Wildman–Crippen MR) is 120 cm³/mol. The van der Waals surface area contributed by atoms with Crippen molar-refractivity contribution < 1.29 is 4.39 Å². The van der Waals surface area contributed by atoms with E-state index in [1.165, 1.54) is 75.3 Å². The van der Waals surface area contributed by atoms with Crippen LogP contribution in [-0.4, -0.2) is 4.98 Å². The number of rotatable bonds is 5. The van der Waals surface area contributed by atoms with Gasteiger partial charge in [-0.2, -0.15) is 0 Å². The Morgan fingerprint density at radius 2 is 1.52 bits per heavy atom. The minimum absolute atomic E-state index is 0.124. The summed E-state index contributed by atoms with van der Waals surface area (Å²) in [7, 11) is 0. The fourth-order valence-corrected chi connectivity index (χ4v) is 5.59. The Morgan fingerprint density at radius 1 is 0.862 bits per heavy atom. The van der Waals surface area contributed by atoms with Crippen molar-refractivity contribution in [3.8, 4) is 11.3 Å². The summed E-state index contributed by atoms with van der Waals surface area (Å²) >= 11 is 0. The minimum Gasteiger partial charge on any atom is -0.256 e. The lowest BCUT2D eigenvalue weighted by atomic mass is 9.77. The van der Waals surface area contributed by atoms with Crippen LogP contribution in [0.2, 0.25) is 0 Å². The SMILES string of the molecule is CCCC1CCC(c2ccc(-c3ccc(C4CCC(C)CC4)cc3F)nc2)CC1. The molecule has 2 fully saturated rings. The molecule has 0 bridgehead atoms. The number of hydrogen-bond acceptors (Lipinski definition) is 1. The second-order valence-corrected chi connectivity index (χ2v) is 9.68. The largest absolute Gasteiger partial charge is 0.256 e. The summed E-state index contributed by atoms with van der Waals surface area (Å²) in [4.78, 5) is 4.65. The highest BCUT2D eigenvalue weighted by Gasteiger charge is 2.23. The van der Waals surface area contributed by atoms with Crippen LogP contribution in [0.25, 0.3) is 11.3 Å². The smallest absolute Gasteiger partial charge is 0.132 e. The monoisotopic (exact) mass is 393 g/mol. The normalized spacial score (nSPS) is 27.7. The summed E-state index contributed by atoms with van der Waals surface area (Å²) in [5.41, 5.74) is 3.89. The molecular formula is C27H36FN. The molecule has 0 unspecified atom stereocenters. The maximum atomic E-state index is 14.9. The zero-order chi connectivity index (χ0) is 20.2. The Balaban J connectivity index is 1.42. The van der Waals surface area contributed by atoms with Crippen molar-refractivity contribution in [2.45, 2.75) is 89.9 Å². The van der Waals surface area contributed by atoms with Gasteiger partial charge in [-0.15, -0.1) is 0 Å². The molecular weight excluding hydrogens is 357 g/mol. The van der Waals surface area contributed by atoms with Gasteiger partial charge in [0.15, 0.2) is 0 Å². The van der Waals surface area contributed by atoms with E-state index in [9.17, 15) is 4.39 Å². The van der Waals surface area contributed by atoms with Crippen LogP contribution >= 0.6 is 0 Å². The van der Waals surface area contributed by atoms with Gasteiger partial charge in [-0.05, 0) is 91.5 Å². The molecule has 1 aromatic heterocycles. The van der Waals surface area contributed by atoms with Crippen LogP contribution in [0.3, 0.4) is 0 Å². The van der Waals surface area contributed by atoms with Crippen molar-refractivity contribution in [3.63, 3.8) is 0 Å². The zero-order valence-electron chi connectivity index (χ0n) is 18.2. The van der Waals surface area contributed by atoms with E-state index >= 15 is 0 Å². The van der Waals surface area contributed by atoms with Crippen molar-refractivity contribution in [2.75, 3.05) is 0 Å². The molecule has 0 radical (unpaired) electrons. The summed E-state index contributed by atoms with van der Waals surface area (Å²) < 4.78 is 14.9. The average Bonchev–Trinajstić information content (AvgIpc) is 2.75. The van der Waals surface area contributed by atoms with Crippen molar-refractivity contribution in [1.29, 1.82) is 0 Å². The molecule has 2 aliphatic rings. The molecule has 2 aliphatic carbocycles. The van der Waals surface area contributed by atoms with E-state index in [0.717, 1.165) is 17.5 Å². The first-order chi connectivity index (χ1) is 14.1. The lowest BCUT2D eigenvalue weighted by Crippen LogP contribution is -2.13. The Bertz CT molecular complexity index is 781. The molecule has 0 saturated heterocycles. The third kappa shape index (κ3) is 4.90. The summed E-state index contributed by atoms with van der Waals surface area (Å²) in [6.07, 6.45) is 14.8. The number of pyridine rings is 1. The van der Waals surface area contributed by atoms with Gasteiger partial charge >= 0.3 is 0 Å². The Kier molecular flexibility index (Phi) is 6.67. The van der Waals surface area contributed by atoms with Gasteiger partial charge in [0.1, 0.15) is 5.82 Å². The highest BCUT2D eigenvalue weighted by Crippen LogP contribution is 2.39. The van der Waals surface area contributed by atoms with Crippen LogP contribution in [-0.2, 0) is 0 Å². The summed E-state index contributed by atoms with van der Waals surface area (Å²) in [6.45, 7) is 4.61. The van der Waals surface area contributed by atoms with Crippen molar-refractivity contribution in [2.24, 2.45) is 11.8 Å². The molecule has 29 heavy (non-hydrogen) atoms. The molecule has 0 atom stereocenters. The molecule has 1 heterocycles. The van der Waals surface area contributed by atoms with E-state index in [4.69, 9.17) is 0 Å². The first-order valence-electron chi connectivity index (χ1n) is 11.9. The van der Waals surface area contributed by atoms with Crippen molar-refractivity contribution >= 4 is 0 Å². The summed E-state index contributed by atoms with van der Waals surface area (Å²) in [5, 5.41) is 0. The molecule has 1 nitrogen and oxygen atoms in total. The van der Waals surface area contributed by atoms with Crippen LogP contribution in [0.15, 0.2) is 36.5 Å². The lowest BCUT2D eigenvalue weighted by molar-refractivity contribution is 0.308. The molecule has 2 aromatic rings. The number of halogens is 1. The molecule has 4 rings (SSSR count). The van der Waals surface area contributed by atoms with E-state index in [1.54, 1.807) is 6.07 Å². The fraction of sp³-hybridized carbons (Fsp3) is 0.593. The number of nitrogens with zero attached hydrogens (tertiary/aromatic N) is 1. The molecule has 0 aliphatic heterocycles. The van der Waals surface area contributed by atoms with Crippen LogP contribution < -0.4 is 0 Å². The Hall–Kier alpha value is -1.70. The topological polar surface area (TPSA) is 12.9 Å². The molecule has 156 valence electrons. The quantitative estimate of drug-likeness (QED) is 0.498. The Labute approximate surface area is 176 Å². The average molecular weight is 394 g/mol. The van der Waals surface area contributed by atoms with Gasteiger partial charge in [-0.3, -0.25) is 4.98 Å². The zero-order valence-corrected chi connectivity index (χ0v) is 18.2. The number of hydrogen-bond donors (Lipinski definition) is 0. The standard InChI is InChI=1S/C27H36FN/c1-3-4-20-7-11-22(12-8-20)24-14-16-27(29-18-24)25-15-13-23(17-26(25)28)21-9-5-19(2)6-10-21/h13-22H,3-12H2,1-2H3. The van der Waals surface area contributed by atoms with Gasteiger partial charge in [0.05, 0.1) is 5.69 Å². The van der Waals surface area contributed by atoms with E-state index in [1.807, 2.05) is 18.3 Å². The van der Waals surface area contributed by atoms with Gasteiger partial charge in [-0.1, -0.05) is 51.7 Å². The minimum atomic E-state index is -0.124. The predicted octanol–water partition coefficient (Wildman–Crippen LogP) is 8.26. The van der Waals surface area contributed by atoms with Gasteiger partial charge in [0.2, 0.25) is 0 Å².